The zero-order valence-corrected chi connectivity index (χ0v) is 13.5. The van der Waals surface area contributed by atoms with Crippen molar-refractivity contribution in [3.63, 3.8) is 0 Å². The molecule has 4 heteroatoms. The predicted octanol–water partition coefficient (Wildman–Crippen LogP) is 3.19. The van der Waals surface area contributed by atoms with Gasteiger partial charge in [-0.15, -0.1) is 0 Å². The van der Waals surface area contributed by atoms with Gasteiger partial charge in [-0.25, -0.2) is 0 Å². The van der Waals surface area contributed by atoms with Crippen molar-refractivity contribution < 1.29 is 9.90 Å². The molecule has 1 aromatic carbocycles. The van der Waals surface area contributed by atoms with E-state index in [1.807, 2.05) is 36.2 Å². The summed E-state index contributed by atoms with van der Waals surface area (Å²) in [4.78, 5) is 14.0. The van der Waals surface area contributed by atoms with Gasteiger partial charge in [0.15, 0.2) is 0 Å². The molecule has 1 aliphatic rings. The van der Waals surface area contributed by atoms with Crippen LogP contribution < -0.4 is 10.2 Å². The highest BCUT2D eigenvalue weighted by atomic mass is 16.3. The quantitative estimate of drug-likeness (QED) is 0.821. The average molecular weight is 302 g/mol. The summed E-state index contributed by atoms with van der Waals surface area (Å²) >= 11 is 0. The van der Waals surface area contributed by atoms with Crippen LogP contribution in [0.25, 0.3) is 0 Å². The van der Waals surface area contributed by atoms with Gasteiger partial charge in [0, 0.05) is 31.0 Å². The van der Waals surface area contributed by atoms with Crippen molar-refractivity contribution in [2.24, 2.45) is 5.92 Å². The van der Waals surface area contributed by atoms with Crippen molar-refractivity contribution in [3.05, 3.63) is 35.9 Å². The summed E-state index contributed by atoms with van der Waals surface area (Å²) in [5.41, 5.74) is 3.08. The van der Waals surface area contributed by atoms with E-state index in [4.69, 9.17) is 5.11 Å². The Morgan fingerprint density at radius 3 is 2.55 bits per heavy atom. The van der Waals surface area contributed by atoms with Crippen LogP contribution in [0.5, 0.6) is 0 Å². The molecule has 0 atom stereocenters. The van der Waals surface area contributed by atoms with Gasteiger partial charge in [-0.1, -0.05) is 12.5 Å². The monoisotopic (exact) mass is 302 g/mol. The van der Waals surface area contributed by atoms with Gasteiger partial charge in [0.1, 0.15) is 0 Å². The molecule has 0 unspecified atom stereocenters. The van der Waals surface area contributed by atoms with E-state index < -0.39 is 0 Å². The molecule has 2 rings (SSSR count). The summed E-state index contributed by atoms with van der Waals surface area (Å²) in [6, 6.07) is 7.67. The summed E-state index contributed by atoms with van der Waals surface area (Å²) in [7, 11) is 1.93. The van der Waals surface area contributed by atoms with Crippen molar-refractivity contribution in [2.45, 2.75) is 32.6 Å². The van der Waals surface area contributed by atoms with Crippen LogP contribution in [-0.2, 0) is 4.79 Å². The maximum Gasteiger partial charge on any atom is 0.248 e. The van der Waals surface area contributed by atoms with Gasteiger partial charge < -0.3 is 15.3 Å². The Bertz CT molecular complexity index is 512. The number of anilines is 2. The summed E-state index contributed by atoms with van der Waals surface area (Å²) in [6.45, 7) is 2.99. The number of carbonyl (C=O) groups is 1. The molecule has 0 aromatic heterocycles. The number of aliphatic hydroxyl groups is 1. The van der Waals surface area contributed by atoms with Gasteiger partial charge in [0.05, 0.1) is 6.61 Å². The van der Waals surface area contributed by atoms with Crippen LogP contribution in [0.4, 0.5) is 11.4 Å². The minimum absolute atomic E-state index is 0.0407. The van der Waals surface area contributed by atoms with Gasteiger partial charge in [-0.2, -0.15) is 0 Å². The number of likely N-dealkylation sites (N-methyl/N-ethyl adjacent to an activating group) is 1. The summed E-state index contributed by atoms with van der Waals surface area (Å²) < 4.78 is 0. The second kappa shape index (κ2) is 7.99. The van der Waals surface area contributed by atoms with Gasteiger partial charge in [0.25, 0.3) is 0 Å². The molecule has 1 fully saturated rings. The Morgan fingerprint density at radius 1 is 1.32 bits per heavy atom. The van der Waals surface area contributed by atoms with E-state index in [2.05, 4.69) is 12.2 Å². The van der Waals surface area contributed by atoms with Crippen molar-refractivity contribution >= 4 is 17.3 Å². The van der Waals surface area contributed by atoms with E-state index in [1.165, 1.54) is 18.4 Å². The van der Waals surface area contributed by atoms with Crippen molar-refractivity contribution in [1.29, 1.82) is 0 Å². The summed E-state index contributed by atoms with van der Waals surface area (Å²) in [6.07, 6.45) is 6.21. The van der Waals surface area contributed by atoms with Crippen LogP contribution in [0, 0.1) is 5.92 Å². The van der Waals surface area contributed by atoms with E-state index in [9.17, 15) is 4.79 Å². The second-order valence-corrected chi connectivity index (χ2v) is 6.17. The number of hydrogen-bond donors (Lipinski definition) is 2. The standard InChI is InChI=1S/C18H26N2O2/c1-14-3-5-15(6-4-14)13-18(22)19-16-7-9-17(10-8-16)20(2)11-12-21/h7-10,13-14,21H,3-6,11-12H2,1-2H3,(H,19,22). The largest absolute Gasteiger partial charge is 0.395 e. The van der Waals surface area contributed by atoms with Gasteiger partial charge in [0.2, 0.25) is 5.91 Å². The zero-order valence-electron chi connectivity index (χ0n) is 13.5. The molecule has 0 saturated heterocycles. The third kappa shape index (κ3) is 4.88. The molecule has 2 N–H and O–H groups in total. The maximum atomic E-state index is 12.1. The van der Waals surface area contributed by atoms with E-state index >= 15 is 0 Å². The second-order valence-electron chi connectivity index (χ2n) is 6.17. The fourth-order valence-corrected chi connectivity index (χ4v) is 2.72. The highest BCUT2D eigenvalue weighted by Gasteiger charge is 2.13. The molecule has 4 nitrogen and oxygen atoms in total. The first-order chi connectivity index (χ1) is 10.6. The van der Waals surface area contributed by atoms with E-state index in [0.29, 0.717) is 6.54 Å². The normalized spacial score (nSPS) is 18.0. The first-order valence-corrected chi connectivity index (χ1v) is 8.01. The Morgan fingerprint density at radius 2 is 1.95 bits per heavy atom. The number of carbonyl (C=O) groups excluding carboxylic acids is 1. The Balaban J connectivity index is 1.90. The molecule has 0 spiro atoms. The third-order valence-corrected chi connectivity index (χ3v) is 4.26. The third-order valence-electron chi connectivity index (χ3n) is 4.26. The first kappa shape index (κ1) is 16.6. The molecule has 1 amide bonds. The van der Waals surface area contributed by atoms with Gasteiger partial charge in [-0.05, 0) is 55.9 Å². The fourth-order valence-electron chi connectivity index (χ4n) is 2.72. The molecule has 1 aromatic rings. The van der Waals surface area contributed by atoms with Crippen molar-refractivity contribution in [1.82, 2.24) is 0 Å². The lowest BCUT2D eigenvalue weighted by Crippen LogP contribution is -2.21. The van der Waals surface area contributed by atoms with E-state index in [0.717, 1.165) is 30.1 Å². The summed E-state index contributed by atoms with van der Waals surface area (Å²) in [5.74, 6) is 0.740. The number of benzene rings is 1. The minimum Gasteiger partial charge on any atom is -0.395 e. The number of allylic oxidation sites excluding steroid dienone is 1. The highest BCUT2D eigenvalue weighted by Crippen LogP contribution is 2.27. The highest BCUT2D eigenvalue weighted by molar-refractivity contribution is 5.99. The average Bonchev–Trinajstić information content (AvgIpc) is 2.50. The van der Waals surface area contributed by atoms with Crippen LogP contribution in [0.2, 0.25) is 0 Å². The van der Waals surface area contributed by atoms with E-state index in [-0.39, 0.29) is 12.5 Å². The summed E-state index contributed by atoms with van der Waals surface area (Å²) in [5, 5.41) is 11.9. The smallest absolute Gasteiger partial charge is 0.248 e. The molecule has 0 heterocycles. The van der Waals surface area contributed by atoms with Gasteiger partial charge >= 0.3 is 0 Å². The first-order valence-electron chi connectivity index (χ1n) is 8.01. The molecule has 22 heavy (non-hydrogen) atoms. The minimum atomic E-state index is -0.0407. The number of aliphatic hydroxyl groups excluding tert-OH is 1. The van der Waals surface area contributed by atoms with Crippen LogP contribution >= 0.6 is 0 Å². The van der Waals surface area contributed by atoms with Crippen molar-refractivity contribution in [2.75, 3.05) is 30.4 Å². The number of amides is 1. The van der Waals surface area contributed by atoms with Crippen LogP contribution in [0.15, 0.2) is 35.9 Å². The Labute approximate surface area is 132 Å². The van der Waals surface area contributed by atoms with Crippen LogP contribution in [0.3, 0.4) is 0 Å². The lowest BCUT2D eigenvalue weighted by molar-refractivity contribution is -0.112. The number of hydrogen-bond acceptors (Lipinski definition) is 3. The lowest BCUT2D eigenvalue weighted by atomic mass is 9.87. The number of nitrogens with one attached hydrogen (secondary N) is 1. The molecule has 0 radical (unpaired) electrons. The van der Waals surface area contributed by atoms with Crippen molar-refractivity contribution in [3.8, 4) is 0 Å². The molecular weight excluding hydrogens is 276 g/mol. The SMILES string of the molecule is CC1CCC(=CC(=O)Nc2ccc(N(C)CCO)cc2)CC1. The predicted molar refractivity (Wildman–Crippen MR) is 91.1 cm³/mol. The van der Waals surface area contributed by atoms with E-state index in [1.54, 1.807) is 6.08 Å². The Kier molecular flexibility index (Phi) is 6.01. The maximum absolute atomic E-state index is 12.1. The van der Waals surface area contributed by atoms with Crippen LogP contribution in [0.1, 0.15) is 32.6 Å². The van der Waals surface area contributed by atoms with Crippen LogP contribution in [-0.4, -0.2) is 31.2 Å². The number of nitrogens with zero attached hydrogens (tertiary/aromatic N) is 1. The zero-order chi connectivity index (χ0) is 15.9. The molecule has 0 aliphatic heterocycles. The molecule has 1 aliphatic carbocycles. The topological polar surface area (TPSA) is 52.6 Å². The molecule has 1 saturated carbocycles. The molecule has 120 valence electrons. The Hall–Kier alpha value is -1.81. The van der Waals surface area contributed by atoms with Gasteiger partial charge in [-0.3, -0.25) is 4.79 Å². The lowest BCUT2D eigenvalue weighted by Gasteiger charge is -2.20. The molecule has 0 bridgehead atoms. The number of rotatable bonds is 5. The fraction of sp³-hybridized carbons (Fsp3) is 0.500. The molecular formula is C18H26N2O2.